The average molecular weight is 363 g/mol. The fourth-order valence-electron chi connectivity index (χ4n) is 3.62. The second kappa shape index (κ2) is 8.26. The molecule has 0 aromatic heterocycles. The van der Waals surface area contributed by atoms with E-state index in [1.807, 2.05) is 32.9 Å². The summed E-state index contributed by atoms with van der Waals surface area (Å²) in [5, 5.41) is 0. The molecule has 0 spiro atoms. The standard InChI is InChI=1S/C21H34N2OS/c1-7-15-23-16-17(2)13-14-21(23,6)19(18-11-9-8-10-12-18)22-25(24)20(3,4)5/h7-12,17,19,22H,1,13-16H2,2-6H3/t17?,19-,21?,25?/m1/s1. The first-order valence-corrected chi connectivity index (χ1v) is 10.4. The van der Waals surface area contributed by atoms with Crippen LogP contribution in [0.4, 0.5) is 0 Å². The third-order valence-corrected chi connectivity index (χ3v) is 6.85. The van der Waals surface area contributed by atoms with Crippen LogP contribution in [0.25, 0.3) is 0 Å². The first-order chi connectivity index (χ1) is 11.7. The smallest absolute Gasteiger partial charge is 0.136 e. The number of hydrogen-bond acceptors (Lipinski definition) is 3. The maximum atomic E-state index is 12.9. The molecule has 1 N–H and O–H groups in total. The van der Waals surface area contributed by atoms with Gasteiger partial charge in [0, 0.05) is 30.0 Å². The van der Waals surface area contributed by atoms with Gasteiger partial charge in [-0.1, -0.05) is 43.3 Å². The van der Waals surface area contributed by atoms with Crippen LogP contribution in [0.2, 0.25) is 0 Å². The minimum Gasteiger partial charge on any atom is -0.598 e. The largest absolute Gasteiger partial charge is 0.598 e. The Hall–Kier alpha value is -0.810. The summed E-state index contributed by atoms with van der Waals surface area (Å²) in [6.07, 6.45) is 4.26. The summed E-state index contributed by atoms with van der Waals surface area (Å²) >= 11 is -1.13. The number of piperidine rings is 1. The van der Waals surface area contributed by atoms with E-state index < -0.39 is 11.4 Å². The van der Waals surface area contributed by atoms with Crippen LogP contribution < -0.4 is 4.72 Å². The van der Waals surface area contributed by atoms with Crippen LogP contribution in [0.15, 0.2) is 43.0 Å². The van der Waals surface area contributed by atoms with Gasteiger partial charge in [0.05, 0.1) is 6.04 Å². The van der Waals surface area contributed by atoms with Crippen molar-refractivity contribution in [2.45, 2.75) is 63.8 Å². The van der Waals surface area contributed by atoms with E-state index in [0.717, 1.165) is 19.5 Å². The van der Waals surface area contributed by atoms with Gasteiger partial charge in [0.25, 0.3) is 0 Å². The van der Waals surface area contributed by atoms with Gasteiger partial charge >= 0.3 is 0 Å². The van der Waals surface area contributed by atoms with Crippen molar-refractivity contribution >= 4 is 11.4 Å². The molecule has 3 unspecified atom stereocenters. The average Bonchev–Trinajstić information content (AvgIpc) is 2.56. The monoisotopic (exact) mass is 362 g/mol. The van der Waals surface area contributed by atoms with Crippen LogP contribution in [0.5, 0.6) is 0 Å². The van der Waals surface area contributed by atoms with E-state index in [2.05, 4.69) is 54.3 Å². The van der Waals surface area contributed by atoms with E-state index in [1.165, 1.54) is 12.0 Å². The molecule has 0 bridgehead atoms. The number of nitrogens with zero attached hydrogens (tertiary/aromatic N) is 1. The third-order valence-electron chi connectivity index (χ3n) is 5.28. The van der Waals surface area contributed by atoms with Crippen molar-refractivity contribution in [2.24, 2.45) is 5.92 Å². The number of likely N-dealkylation sites (tertiary alicyclic amines) is 1. The lowest BCUT2D eigenvalue weighted by Gasteiger charge is -2.51. The maximum absolute atomic E-state index is 12.9. The van der Waals surface area contributed by atoms with Gasteiger partial charge in [0.15, 0.2) is 0 Å². The molecule has 3 nitrogen and oxygen atoms in total. The first-order valence-electron chi connectivity index (χ1n) is 9.27. The fourth-order valence-corrected chi connectivity index (χ4v) is 4.58. The van der Waals surface area contributed by atoms with Gasteiger partial charge < -0.3 is 4.55 Å². The molecule has 0 aliphatic carbocycles. The Labute approximate surface area is 157 Å². The van der Waals surface area contributed by atoms with E-state index >= 15 is 0 Å². The normalized spacial score (nSPS) is 27.7. The number of hydrogen-bond donors (Lipinski definition) is 1. The number of benzene rings is 1. The molecule has 25 heavy (non-hydrogen) atoms. The van der Waals surface area contributed by atoms with Crippen LogP contribution in [0, 0.1) is 5.92 Å². The summed E-state index contributed by atoms with van der Waals surface area (Å²) in [5.41, 5.74) is 1.11. The Balaban J connectivity index is 2.40. The maximum Gasteiger partial charge on any atom is 0.136 e. The molecule has 1 aliphatic rings. The second-order valence-corrected chi connectivity index (χ2v) is 10.5. The molecule has 4 atom stereocenters. The lowest BCUT2D eigenvalue weighted by molar-refractivity contribution is 0.0219. The lowest BCUT2D eigenvalue weighted by Crippen LogP contribution is -2.60. The Morgan fingerprint density at radius 2 is 2.04 bits per heavy atom. The molecule has 2 rings (SSSR count). The van der Waals surface area contributed by atoms with Gasteiger partial charge in [-0.25, -0.2) is 0 Å². The van der Waals surface area contributed by atoms with Crippen LogP contribution in [0.3, 0.4) is 0 Å². The van der Waals surface area contributed by atoms with Crippen LogP contribution in [-0.2, 0) is 11.4 Å². The van der Waals surface area contributed by atoms with Crippen LogP contribution >= 0.6 is 0 Å². The van der Waals surface area contributed by atoms with Crippen LogP contribution in [-0.4, -0.2) is 32.8 Å². The highest BCUT2D eigenvalue weighted by Gasteiger charge is 2.46. The Bertz CT molecular complexity index is 557. The summed E-state index contributed by atoms with van der Waals surface area (Å²) in [6.45, 7) is 16.5. The molecule has 1 aromatic rings. The molecule has 1 aromatic carbocycles. The summed E-state index contributed by atoms with van der Waals surface area (Å²) < 4.78 is 16.1. The van der Waals surface area contributed by atoms with Crippen molar-refractivity contribution in [3.05, 3.63) is 48.6 Å². The predicted octanol–water partition coefficient (Wildman–Crippen LogP) is 4.46. The van der Waals surface area contributed by atoms with Gasteiger partial charge in [-0.2, -0.15) is 0 Å². The lowest BCUT2D eigenvalue weighted by atomic mass is 9.76. The summed E-state index contributed by atoms with van der Waals surface area (Å²) in [5.74, 6) is 0.678. The van der Waals surface area contributed by atoms with Crippen molar-refractivity contribution in [1.29, 1.82) is 0 Å². The Morgan fingerprint density at radius 3 is 2.60 bits per heavy atom. The number of rotatable bonds is 6. The predicted molar refractivity (Wildman–Crippen MR) is 109 cm³/mol. The zero-order valence-corrected chi connectivity index (χ0v) is 17.2. The first kappa shape index (κ1) is 20.5. The Morgan fingerprint density at radius 1 is 1.40 bits per heavy atom. The van der Waals surface area contributed by atoms with Crippen molar-refractivity contribution in [3.8, 4) is 0 Å². The quantitative estimate of drug-likeness (QED) is 0.600. The molecule has 1 heterocycles. The number of nitrogens with one attached hydrogen (secondary N) is 1. The SMILES string of the molecule is C=CCN1CC(C)CCC1(C)[C@H](N[S+]([O-])C(C)(C)C)c1ccccc1. The van der Waals surface area contributed by atoms with E-state index in [0.29, 0.717) is 5.92 Å². The van der Waals surface area contributed by atoms with Gasteiger partial charge in [-0.15, -0.1) is 11.3 Å². The fraction of sp³-hybridized carbons (Fsp3) is 0.619. The molecule has 0 radical (unpaired) electrons. The molecule has 4 heteroatoms. The van der Waals surface area contributed by atoms with Gasteiger partial charge in [-0.3, -0.25) is 4.90 Å². The molecule has 1 saturated heterocycles. The Kier molecular flexibility index (Phi) is 6.77. The van der Waals surface area contributed by atoms with Crippen LogP contribution in [0.1, 0.15) is 59.1 Å². The molecule has 1 fully saturated rings. The van der Waals surface area contributed by atoms with E-state index in [1.54, 1.807) is 0 Å². The van der Waals surface area contributed by atoms with Gasteiger partial charge in [0.2, 0.25) is 0 Å². The highest BCUT2D eigenvalue weighted by Crippen LogP contribution is 2.41. The highest BCUT2D eigenvalue weighted by molar-refractivity contribution is 7.90. The highest BCUT2D eigenvalue weighted by atomic mass is 32.2. The summed E-state index contributed by atoms with van der Waals surface area (Å²) in [7, 11) is 0. The zero-order valence-electron chi connectivity index (χ0n) is 16.4. The minimum atomic E-state index is -1.13. The topological polar surface area (TPSA) is 38.3 Å². The van der Waals surface area contributed by atoms with Crippen molar-refractivity contribution in [1.82, 2.24) is 9.62 Å². The molecule has 0 amide bonds. The second-order valence-electron chi connectivity index (χ2n) is 8.54. The van der Waals surface area contributed by atoms with Gasteiger partial charge in [-0.05, 0) is 52.0 Å². The molecular weight excluding hydrogens is 328 g/mol. The van der Waals surface area contributed by atoms with E-state index in [4.69, 9.17) is 0 Å². The molecule has 0 saturated carbocycles. The molecule has 140 valence electrons. The minimum absolute atomic E-state index is 0.0150. The van der Waals surface area contributed by atoms with E-state index in [9.17, 15) is 4.55 Å². The molecule has 1 aliphatic heterocycles. The van der Waals surface area contributed by atoms with E-state index in [-0.39, 0.29) is 16.3 Å². The van der Waals surface area contributed by atoms with Crippen molar-refractivity contribution in [3.63, 3.8) is 0 Å². The summed E-state index contributed by atoms with van der Waals surface area (Å²) in [6, 6.07) is 10.5. The van der Waals surface area contributed by atoms with Crippen molar-refractivity contribution in [2.75, 3.05) is 13.1 Å². The third kappa shape index (κ3) is 4.88. The molecular formula is C21H34N2OS. The van der Waals surface area contributed by atoms with Gasteiger partial charge in [0.1, 0.15) is 4.75 Å². The zero-order chi connectivity index (χ0) is 18.7. The summed E-state index contributed by atoms with van der Waals surface area (Å²) in [4.78, 5) is 2.51. The van der Waals surface area contributed by atoms with Crippen molar-refractivity contribution < 1.29 is 4.55 Å².